The molecule has 3 heterocycles. The number of rotatable bonds is 14. The second-order valence-electron chi connectivity index (χ2n) is 14.0. The Morgan fingerprint density at radius 3 is 2.31 bits per heavy atom. The molecule has 51 heavy (non-hydrogen) atoms. The minimum absolute atomic E-state index is 0.0108. The van der Waals surface area contributed by atoms with Gasteiger partial charge in [0, 0.05) is 63.6 Å². The van der Waals surface area contributed by atoms with Crippen molar-refractivity contribution in [3.63, 3.8) is 0 Å². The van der Waals surface area contributed by atoms with Crippen molar-refractivity contribution >= 4 is 22.8 Å². The summed E-state index contributed by atoms with van der Waals surface area (Å²) in [6.07, 6.45) is 3.88. The molecule has 2 aliphatic rings. The van der Waals surface area contributed by atoms with Crippen LogP contribution in [0.5, 0.6) is 0 Å². The average Bonchev–Trinajstić information content (AvgIpc) is 3.49. The number of piperidine rings is 1. The van der Waals surface area contributed by atoms with Gasteiger partial charge in [-0.3, -0.25) is 14.2 Å². The first-order valence-corrected chi connectivity index (χ1v) is 18.3. The monoisotopic (exact) mass is 697 g/mol. The maximum absolute atomic E-state index is 12.8. The van der Waals surface area contributed by atoms with E-state index in [0.717, 1.165) is 85.0 Å². The fraction of sp³-hybridized carbons (Fsp3) is 0.475. The molecular weight excluding hydrogens is 646 g/mol. The number of aliphatic hydroxyl groups is 1. The first kappa shape index (κ1) is 36.5. The van der Waals surface area contributed by atoms with E-state index in [1.165, 1.54) is 6.92 Å². The Balaban J connectivity index is 1.08. The number of amides is 2. The van der Waals surface area contributed by atoms with Crippen LogP contribution < -0.4 is 16.3 Å². The number of hydrogen-bond acceptors (Lipinski definition) is 7. The lowest BCUT2D eigenvalue weighted by Crippen LogP contribution is -2.47. The Morgan fingerprint density at radius 1 is 0.882 bits per heavy atom. The van der Waals surface area contributed by atoms with Crippen LogP contribution in [0.3, 0.4) is 0 Å². The SMILES string of the molecule is CC(=O)NCCCCCC(=O)NCc1ccc([C@@H]2O[C@H](CN3CCC(n4c(=O)[nH]c5ccccc54)CC3)[C@H](C)[C@H](c3ccc(CO)cc3)O2)cc1. The fourth-order valence-electron chi connectivity index (χ4n) is 7.31. The summed E-state index contributed by atoms with van der Waals surface area (Å²) in [7, 11) is 0. The van der Waals surface area contributed by atoms with Gasteiger partial charge in [-0.1, -0.05) is 74.0 Å². The molecule has 11 nitrogen and oxygen atoms in total. The topological polar surface area (TPSA) is 138 Å². The molecule has 0 aliphatic carbocycles. The molecule has 4 N–H and O–H groups in total. The largest absolute Gasteiger partial charge is 0.392 e. The highest BCUT2D eigenvalue weighted by molar-refractivity contribution is 5.76. The number of fused-ring (bicyclic) bond motifs is 1. The molecule has 0 saturated carbocycles. The summed E-state index contributed by atoms with van der Waals surface area (Å²) in [4.78, 5) is 41.7. The predicted octanol–water partition coefficient (Wildman–Crippen LogP) is 5.26. The van der Waals surface area contributed by atoms with Crippen LogP contribution in [0.25, 0.3) is 11.0 Å². The van der Waals surface area contributed by atoms with E-state index in [9.17, 15) is 19.5 Å². The van der Waals surface area contributed by atoms with Gasteiger partial charge in [-0.2, -0.15) is 0 Å². The van der Waals surface area contributed by atoms with E-state index in [0.29, 0.717) is 19.5 Å². The molecule has 1 aromatic heterocycles. The van der Waals surface area contributed by atoms with Gasteiger partial charge in [-0.15, -0.1) is 0 Å². The van der Waals surface area contributed by atoms with Crippen LogP contribution in [0.4, 0.5) is 0 Å². The van der Waals surface area contributed by atoms with Crippen LogP contribution in [-0.4, -0.2) is 63.7 Å². The second kappa shape index (κ2) is 17.3. The average molecular weight is 698 g/mol. The summed E-state index contributed by atoms with van der Waals surface area (Å²) in [5, 5.41) is 15.4. The Kier molecular flexibility index (Phi) is 12.4. The fourth-order valence-corrected chi connectivity index (χ4v) is 7.31. The van der Waals surface area contributed by atoms with Crippen LogP contribution in [-0.2, 0) is 32.2 Å². The highest BCUT2D eigenvalue weighted by atomic mass is 16.7. The third-order valence-electron chi connectivity index (χ3n) is 10.3. The van der Waals surface area contributed by atoms with Crippen LogP contribution in [0.1, 0.15) is 93.1 Å². The first-order chi connectivity index (χ1) is 24.8. The minimum Gasteiger partial charge on any atom is -0.392 e. The summed E-state index contributed by atoms with van der Waals surface area (Å²) in [6, 6.07) is 24.0. The summed E-state index contributed by atoms with van der Waals surface area (Å²) in [5.41, 5.74) is 5.59. The van der Waals surface area contributed by atoms with Gasteiger partial charge in [-0.05, 0) is 54.5 Å². The number of benzene rings is 3. The third kappa shape index (κ3) is 9.34. The number of para-hydroxylation sites is 2. The van der Waals surface area contributed by atoms with Crippen molar-refractivity contribution in [1.82, 2.24) is 25.1 Å². The zero-order chi connectivity index (χ0) is 35.7. The summed E-state index contributed by atoms with van der Waals surface area (Å²) >= 11 is 0. The van der Waals surface area contributed by atoms with Crippen molar-refractivity contribution in [2.45, 2.75) is 90.1 Å². The Hall–Kier alpha value is -4.29. The van der Waals surface area contributed by atoms with Gasteiger partial charge >= 0.3 is 5.69 Å². The molecule has 6 rings (SSSR count). The smallest absolute Gasteiger partial charge is 0.326 e. The highest BCUT2D eigenvalue weighted by Crippen LogP contribution is 2.42. The lowest BCUT2D eigenvalue weighted by Gasteiger charge is -2.44. The number of unbranched alkanes of at least 4 members (excludes halogenated alkanes) is 2. The number of nitrogens with zero attached hydrogens (tertiary/aromatic N) is 2. The van der Waals surface area contributed by atoms with E-state index in [1.54, 1.807) is 0 Å². The van der Waals surface area contributed by atoms with Crippen LogP contribution in [0, 0.1) is 5.92 Å². The molecule has 3 aromatic carbocycles. The number of aliphatic hydroxyl groups excluding tert-OH is 1. The van der Waals surface area contributed by atoms with E-state index >= 15 is 0 Å². The number of carbonyl (C=O) groups excluding carboxylic acids is 2. The zero-order valence-corrected chi connectivity index (χ0v) is 29.7. The van der Waals surface area contributed by atoms with Gasteiger partial charge in [0.1, 0.15) is 0 Å². The Morgan fingerprint density at radius 2 is 1.59 bits per heavy atom. The summed E-state index contributed by atoms with van der Waals surface area (Å²) < 4.78 is 15.3. The molecule has 0 radical (unpaired) electrons. The standard InChI is InChI=1S/C40H51N5O6/c1-27-36(25-44-22-19-33(20-23-44)45-35-9-6-5-8-34(35)43-40(45)49)50-39(51-38(27)31-15-13-30(26-46)14-16-31)32-17-11-29(12-18-32)24-42-37(48)10-4-3-7-21-41-28(2)47/h5-6,8-9,11-18,27,33,36,38-39,46H,3-4,7,10,19-26H2,1-2H3,(H,41,47)(H,42,48)(H,43,49)/t27-,36+,38+,39+/m0/s1. The molecule has 2 fully saturated rings. The van der Waals surface area contributed by atoms with E-state index in [2.05, 4.69) is 27.4 Å². The van der Waals surface area contributed by atoms with Crippen LogP contribution in [0.2, 0.25) is 0 Å². The maximum atomic E-state index is 12.8. The molecule has 0 unspecified atom stereocenters. The molecule has 2 amide bonds. The van der Waals surface area contributed by atoms with Crippen molar-refractivity contribution in [3.8, 4) is 0 Å². The first-order valence-electron chi connectivity index (χ1n) is 18.3. The lowest BCUT2D eigenvalue weighted by atomic mass is 9.89. The molecule has 4 aromatic rings. The van der Waals surface area contributed by atoms with E-state index in [-0.39, 0.29) is 48.3 Å². The van der Waals surface area contributed by atoms with E-state index in [4.69, 9.17) is 9.47 Å². The number of hydrogen-bond donors (Lipinski definition) is 4. The van der Waals surface area contributed by atoms with E-state index < -0.39 is 6.29 Å². The summed E-state index contributed by atoms with van der Waals surface area (Å²) in [6.45, 7) is 7.23. The molecule has 4 atom stereocenters. The number of H-pyrrole nitrogens is 1. The number of aromatic nitrogens is 2. The molecule has 0 bridgehead atoms. The van der Waals surface area contributed by atoms with Gasteiger partial charge in [-0.25, -0.2) is 4.79 Å². The number of nitrogens with one attached hydrogen (secondary N) is 3. The predicted molar refractivity (Wildman–Crippen MR) is 196 cm³/mol. The van der Waals surface area contributed by atoms with E-state index in [1.807, 2.05) is 77.4 Å². The lowest BCUT2D eigenvalue weighted by molar-refractivity contribution is -0.276. The number of likely N-dealkylation sites (tertiary alicyclic amines) is 1. The van der Waals surface area contributed by atoms with Crippen molar-refractivity contribution in [2.24, 2.45) is 5.92 Å². The van der Waals surface area contributed by atoms with Crippen molar-refractivity contribution in [1.29, 1.82) is 0 Å². The molecule has 272 valence electrons. The molecule has 0 spiro atoms. The number of ether oxygens (including phenoxy) is 2. The number of aromatic amines is 1. The molecular formula is C40H51N5O6. The second-order valence-corrected chi connectivity index (χ2v) is 14.0. The minimum atomic E-state index is -0.572. The Labute approximate surface area is 299 Å². The highest BCUT2D eigenvalue weighted by Gasteiger charge is 2.39. The number of carbonyl (C=O) groups is 2. The Bertz CT molecular complexity index is 1790. The summed E-state index contributed by atoms with van der Waals surface area (Å²) in [5.74, 6) is 0.0505. The van der Waals surface area contributed by atoms with Crippen molar-refractivity contribution < 1.29 is 24.2 Å². The number of imidazole rings is 1. The molecule has 2 saturated heterocycles. The zero-order valence-electron chi connectivity index (χ0n) is 29.7. The third-order valence-corrected chi connectivity index (χ3v) is 10.3. The van der Waals surface area contributed by atoms with Gasteiger partial charge in [0.25, 0.3) is 0 Å². The molecule has 11 heteroatoms. The molecule has 2 aliphatic heterocycles. The van der Waals surface area contributed by atoms with Gasteiger partial charge in [0.05, 0.1) is 29.8 Å². The quantitative estimate of drug-likeness (QED) is 0.132. The van der Waals surface area contributed by atoms with Gasteiger partial charge < -0.3 is 35.1 Å². The maximum Gasteiger partial charge on any atom is 0.326 e. The van der Waals surface area contributed by atoms with Crippen LogP contribution >= 0.6 is 0 Å². The van der Waals surface area contributed by atoms with Crippen LogP contribution in [0.15, 0.2) is 77.6 Å². The van der Waals surface area contributed by atoms with Gasteiger partial charge in [0.2, 0.25) is 11.8 Å². The van der Waals surface area contributed by atoms with Gasteiger partial charge in [0.15, 0.2) is 6.29 Å². The van der Waals surface area contributed by atoms with Crippen molar-refractivity contribution in [2.75, 3.05) is 26.2 Å². The normalized spacial score (nSPS) is 21.5. The van der Waals surface area contributed by atoms with Crippen molar-refractivity contribution in [3.05, 3.63) is 106 Å².